The van der Waals surface area contributed by atoms with E-state index in [1.807, 2.05) is 0 Å². The Hall–Kier alpha value is -0.350. The van der Waals surface area contributed by atoms with Crippen molar-refractivity contribution < 1.29 is 16.8 Å². The molecule has 0 heterocycles. The van der Waals surface area contributed by atoms with Crippen molar-refractivity contribution in [1.82, 2.24) is 0 Å². The molecule has 0 fully saturated rings. The Kier molecular flexibility index (Phi) is 5.19. The Morgan fingerprint density at radius 1 is 0.667 bits per heavy atom. The molecule has 2 rings (SSSR count). The average Bonchev–Trinajstić information content (AvgIpc) is 2.38. The lowest BCUT2D eigenvalue weighted by Gasteiger charge is -2.07. The van der Waals surface area contributed by atoms with Gasteiger partial charge in [-0.2, -0.15) is 0 Å². The summed E-state index contributed by atoms with van der Waals surface area (Å²) >= 11 is 6.23. The molecule has 0 N–H and O–H groups in total. The van der Waals surface area contributed by atoms with Gasteiger partial charge in [-0.05, 0) is 56.1 Å². The molecule has 0 aromatic heterocycles. The zero-order valence-electron chi connectivity index (χ0n) is 10.2. The van der Waals surface area contributed by atoms with Crippen LogP contribution in [0.4, 0.5) is 0 Å². The molecule has 0 bridgehead atoms. The van der Waals surface area contributed by atoms with E-state index >= 15 is 0 Å². The standard InChI is InChI=1S/C12H8Br2O4S3/c13-9-5-1-3-7-11(9)20(15,16)19-21(17,18)12-8-4-2-6-10(12)14/h1-8H. The fourth-order valence-corrected chi connectivity index (χ4v) is 10.9. The van der Waals surface area contributed by atoms with Crippen molar-refractivity contribution >= 4 is 59.4 Å². The van der Waals surface area contributed by atoms with E-state index in [1.165, 1.54) is 24.3 Å². The van der Waals surface area contributed by atoms with E-state index in [-0.39, 0.29) is 19.6 Å². The van der Waals surface area contributed by atoms with Gasteiger partial charge in [-0.25, -0.2) is 16.8 Å². The minimum absolute atomic E-state index is 0.0769. The van der Waals surface area contributed by atoms with Gasteiger partial charge in [0.25, 0.3) is 0 Å². The van der Waals surface area contributed by atoms with Crippen molar-refractivity contribution in [1.29, 1.82) is 0 Å². The maximum atomic E-state index is 12.3. The maximum absolute atomic E-state index is 12.3. The molecule has 0 aliphatic rings. The van der Waals surface area contributed by atoms with Gasteiger partial charge in [-0.15, -0.1) is 0 Å². The molecule has 2 aromatic carbocycles. The summed E-state index contributed by atoms with van der Waals surface area (Å²) in [7, 11) is -8.18. The highest BCUT2D eigenvalue weighted by atomic mass is 79.9. The van der Waals surface area contributed by atoms with Crippen LogP contribution in [-0.2, 0) is 17.7 Å². The molecule has 21 heavy (non-hydrogen) atoms. The summed E-state index contributed by atoms with van der Waals surface area (Å²) in [4.78, 5) is -0.156. The lowest BCUT2D eigenvalue weighted by Crippen LogP contribution is -2.04. The Morgan fingerprint density at radius 2 is 1.00 bits per heavy atom. The van der Waals surface area contributed by atoms with Gasteiger partial charge in [0.1, 0.15) is 9.83 Å². The molecule has 0 amide bonds. The predicted molar refractivity (Wildman–Crippen MR) is 90.2 cm³/mol. The molecule has 0 saturated carbocycles. The van der Waals surface area contributed by atoms with Crippen molar-refractivity contribution in [2.45, 2.75) is 9.79 Å². The molecular weight excluding hydrogens is 464 g/mol. The summed E-state index contributed by atoms with van der Waals surface area (Å²) in [6, 6.07) is 12.1. The first-order chi connectivity index (χ1) is 9.74. The zero-order chi connectivity index (χ0) is 15.7. The maximum Gasteiger partial charge on any atom is 0.245 e. The Morgan fingerprint density at radius 3 is 1.33 bits per heavy atom. The van der Waals surface area contributed by atoms with Gasteiger partial charge in [-0.3, -0.25) is 0 Å². The fraction of sp³-hybridized carbons (Fsp3) is 0. The number of hydrogen-bond acceptors (Lipinski definition) is 5. The van der Waals surface area contributed by atoms with Crippen molar-refractivity contribution in [3.63, 3.8) is 0 Å². The molecule has 0 aliphatic carbocycles. The SMILES string of the molecule is O=S(=O)(SS(=O)(=O)c1ccccc1Br)c1ccccc1Br. The van der Waals surface area contributed by atoms with Crippen molar-refractivity contribution in [2.75, 3.05) is 0 Å². The molecule has 4 nitrogen and oxygen atoms in total. The highest BCUT2D eigenvalue weighted by Crippen LogP contribution is 2.38. The molecule has 0 unspecified atom stereocenters. The highest BCUT2D eigenvalue weighted by molar-refractivity contribution is 9.11. The van der Waals surface area contributed by atoms with E-state index in [0.29, 0.717) is 8.95 Å². The fourth-order valence-electron chi connectivity index (χ4n) is 1.49. The third kappa shape index (κ3) is 3.89. The van der Waals surface area contributed by atoms with E-state index in [4.69, 9.17) is 0 Å². The van der Waals surface area contributed by atoms with Crippen LogP contribution in [-0.4, -0.2) is 16.8 Å². The number of halogens is 2. The third-order valence-electron chi connectivity index (χ3n) is 2.39. The van der Waals surface area contributed by atoms with Crippen molar-refractivity contribution in [3.8, 4) is 0 Å². The van der Waals surface area contributed by atoms with Crippen LogP contribution in [0.25, 0.3) is 0 Å². The van der Waals surface area contributed by atoms with Gasteiger partial charge in [0, 0.05) is 8.95 Å². The quantitative estimate of drug-likeness (QED) is 0.629. The molecule has 0 spiro atoms. The number of rotatable bonds is 4. The summed E-state index contributed by atoms with van der Waals surface area (Å²) in [5.74, 6) is 0. The summed E-state index contributed by atoms with van der Waals surface area (Å²) in [6.45, 7) is 0. The summed E-state index contributed by atoms with van der Waals surface area (Å²) < 4.78 is 49.8. The third-order valence-corrected chi connectivity index (χ3v) is 11.8. The molecule has 2 aromatic rings. The second kappa shape index (κ2) is 6.41. The Bertz CT molecular complexity index is 803. The van der Waals surface area contributed by atoms with E-state index in [1.54, 1.807) is 24.3 Å². The van der Waals surface area contributed by atoms with E-state index < -0.39 is 17.7 Å². The van der Waals surface area contributed by atoms with Crippen LogP contribution in [0.5, 0.6) is 0 Å². The lowest BCUT2D eigenvalue weighted by atomic mass is 10.4. The normalized spacial score (nSPS) is 12.3. The zero-order valence-corrected chi connectivity index (χ0v) is 15.9. The number of hydrogen-bond donors (Lipinski definition) is 0. The topological polar surface area (TPSA) is 68.3 Å². The van der Waals surface area contributed by atoms with Crippen LogP contribution >= 0.6 is 41.7 Å². The Labute approximate surface area is 142 Å². The van der Waals surface area contributed by atoms with Crippen LogP contribution < -0.4 is 0 Å². The van der Waals surface area contributed by atoms with Crippen LogP contribution in [0.2, 0.25) is 0 Å². The molecule has 0 radical (unpaired) electrons. The van der Waals surface area contributed by atoms with Gasteiger partial charge in [0.2, 0.25) is 17.7 Å². The molecule has 9 heteroatoms. The molecular formula is C12H8Br2O4S3. The highest BCUT2D eigenvalue weighted by Gasteiger charge is 2.30. The lowest BCUT2D eigenvalue weighted by molar-refractivity contribution is 0.608. The first kappa shape index (κ1) is 17.0. The first-order valence-corrected chi connectivity index (χ1v) is 11.8. The molecule has 112 valence electrons. The van der Waals surface area contributed by atoms with Crippen LogP contribution in [0.15, 0.2) is 67.3 Å². The van der Waals surface area contributed by atoms with Gasteiger partial charge >= 0.3 is 0 Å². The molecule has 0 atom stereocenters. The van der Waals surface area contributed by atoms with Crippen molar-refractivity contribution in [3.05, 3.63) is 57.5 Å². The number of benzene rings is 2. The second-order valence-corrected chi connectivity index (χ2v) is 12.6. The van der Waals surface area contributed by atoms with E-state index in [9.17, 15) is 16.8 Å². The summed E-state index contributed by atoms with van der Waals surface area (Å²) in [5.41, 5.74) is 0. The molecule has 0 aliphatic heterocycles. The molecule has 0 saturated heterocycles. The van der Waals surface area contributed by atoms with Crippen LogP contribution in [0.3, 0.4) is 0 Å². The first-order valence-electron chi connectivity index (χ1n) is 5.44. The van der Waals surface area contributed by atoms with Gasteiger partial charge in [0.05, 0.1) is 9.79 Å². The van der Waals surface area contributed by atoms with Crippen LogP contribution in [0.1, 0.15) is 0 Å². The smallest absolute Gasteiger partial charge is 0.211 e. The Balaban J connectivity index is 2.46. The van der Waals surface area contributed by atoms with Crippen LogP contribution in [0, 0.1) is 0 Å². The van der Waals surface area contributed by atoms with E-state index in [2.05, 4.69) is 31.9 Å². The average molecular weight is 472 g/mol. The minimum atomic E-state index is -4.05. The predicted octanol–water partition coefficient (Wildman–Crippen LogP) is 4.02. The van der Waals surface area contributed by atoms with Gasteiger partial charge in [-0.1, -0.05) is 24.3 Å². The second-order valence-electron chi connectivity index (χ2n) is 3.84. The van der Waals surface area contributed by atoms with E-state index in [0.717, 1.165) is 0 Å². The minimum Gasteiger partial charge on any atom is -0.211 e. The summed E-state index contributed by atoms with van der Waals surface area (Å²) in [6.07, 6.45) is 0. The van der Waals surface area contributed by atoms with Gasteiger partial charge < -0.3 is 0 Å². The van der Waals surface area contributed by atoms with Crippen molar-refractivity contribution in [2.24, 2.45) is 0 Å². The summed E-state index contributed by atoms with van der Waals surface area (Å²) in [5, 5.41) is 0. The van der Waals surface area contributed by atoms with Gasteiger partial charge in [0.15, 0.2) is 0 Å². The largest absolute Gasteiger partial charge is 0.245 e. The monoisotopic (exact) mass is 470 g/mol.